The fourth-order valence-electron chi connectivity index (χ4n) is 2.35. The average molecular weight is 383 g/mol. The van der Waals surface area contributed by atoms with Gasteiger partial charge in [-0.05, 0) is 13.8 Å². The van der Waals surface area contributed by atoms with Crippen molar-refractivity contribution in [1.82, 2.24) is 25.0 Å². The van der Waals surface area contributed by atoms with Crippen LogP contribution in [0.15, 0.2) is 16.7 Å². The minimum Gasteiger partial charge on any atom is -0.324 e. The predicted molar refractivity (Wildman–Crippen MR) is 92.8 cm³/mol. The van der Waals surface area contributed by atoms with E-state index in [1.54, 1.807) is 24.4 Å². The van der Waals surface area contributed by atoms with Crippen LogP contribution in [0.4, 0.5) is 4.79 Å². The first-order chi connectivity index (χ1) is 11.8. The Morgan fingerprint density at radius 1 is 1.52 bits per heavy atom. The second-order valence-corrected chi connectivity index (χ2v) is 7.13. The van der Waals surface area contributed by atoms with Gasteiger partial charge in [0.15, 0.2) is 10.1 Å². The van der Waals surface area contributed by atoms with E-state index in [2.05, 4.69) is 20.8 Å². The third-order valence-electron chi connectivity index (χ3n) is 3.64. The molecule has 0 radical (unpaired) electrons. The summed E-state index contributed by atoms with van der Waals surface area (Å²) in [5.74, 6) is -0.788. The minimum absolute atomic E-state index is 0.0162. The molecule has 1 saturated heterocycles. The number of thiazole rings is 1. The number of imidazole rings is 1. The van der Waals surface area contributed by atoms with E-state index in [0.29, 0.717) is 5.69 Å². The SMILES string of the molecule is CC1(C)NC(=O)N(CCC(=O)N/N=C\c2c(Cl)nc3sccn23)C1=O. The highest BCUT2D eigenvalue weighted by Gasteiger charge is 2.43. The largest absolute Gasteiger partial charge is 0.325 e. The lowest BCUT2D eigenvalue weighted by atomic mass is 10.1. The highest BCUT2D eigenvalue weighted by Crippen LogP contribution is 2.19. The van der Waals surface area contributed by atoms with E-state index < -0.39 is 17.5 Å². The zero-order valence-electron chi connectivity index (χ0n) is 13.4. The van der Waals surface area contributed by atoms with E-state index in [4.69, 9.17) is 11.6 Å². The van der Waals surface area contributed by atoms with E-state index >= 15 is 0 Å². The second-order valence-electron chi connectivity index (χ2n) is 5.90. The molecule has 11 heteroatoms. The van der Waals surface area contributed by atoms with Crippen molar-refractivity contribution in [3.05, 3.63) is 22.4 Å². The number of hydrogen-bond donors (Lipinski definition) is 2. The highest BCUT2D eigenvalue weighted by molar-refractivity contribution is 7.15. The van der Waals surface area contributed by atoms with Gasteiger partial charge in [-0.1, -0.05) is 11.6 Å². The number of hydrogen-bond acceptors (Lipinski definition) is 6. The average Bonchev–Trinajstić information content (AvgIpc) is 3.13. The second kappa shape index (κ2) is 6.45. The maximum absolute atomic E-state index is 12.0. The Bertz CT molecular complexity index is 886. The lowest BCUT2D eigenvalue weighted by Crippen LogP contribution is -2.40. The van der Waals surface area contributed by atoms with Gasteiger partial charge in [0.1, 0.15) is 11.2 Å². The molecule has 2 aromatic heterocycles. The topological polar surface area (TPSA) is 108 Å². The number of hydrazone groups is 1. The third kappa shape index (κ3) is 3.35. The van der Waals surface area contributed by atoms with Gasteiger partial charge in [-0.3, -0.25) is 18.9 Å². The van der Waals surface area contributed by atoms with Crippen LogP contribution < -0.4 is 10.7 Å². The molecule has 0 bridgehead atoms. The summed E-state index contributed by atoms with van der Waals surface area (Å²) in [6.07, 6.45) is 3.13. The van der Waals surface area contributed by atoms with E-state index in [9.17, 15) is 14.4 Å². The van der Waals surface area contributed by atoms with Gasteiger partial charge >= 0.3 is 6.03 Å². The molecule has 132 valence electrons. The zero-order chi connectivity index (χ0) is 18.2. The Labute approximate surface area is 151 Å². The number of urea groups is 1. The standard InChI is InChI=1S/C14H15ClN6O3S/c1-14(2)11(23)21(12(24)18-14)4-3-9(22)19-16-7-8-10(15)17-13-20(8)5-6-25-13/h5-7H,3-4H2,1-2H3,(H,18,24)(H,19,22)/b16-7-. The Kier molecular flexibility index (Phi) is 4.48. The van der Waals surface area contributed by atoms with Crippen molar-refractivity contribution in [3.63, 3.8) is 0 Å². The predicted octanol–water partition coefficient (Wildman–Crippen LogP) is 1.22. The molecule has 3 heterocycles. The van der Waals surface area contributed by atoms with E-state index in [1.165, 1.54) is 17.6 Å². The van der Waals surface area contributed by atoms with Crippen molar-refractivity contribution in [2.24, 2.45) is 5.10 Å². The number of carbonyl (C=O) groups excluding carboxylic acids is 3. The molecule has 2 N–H and O–H groups in total. The Morgan fingerprint density at radius 3 is 2.96 bits per heavy atom. The molecule has 1 aliphatic heterocycles. The number of halogens is 1. The molecule has 25 heavy (non-hydrogen) atoms. The van der Waals surface area contributed by atoms with Gasteiger partial charge in [0.2, 0.25) is 5.91 Å². The molecule has 3 rings (SSSR count). The molecule has 0 atom stereocenters. The van der Waals surface area contributed by atoms with Gasteiger partial charge in [0.05, 0.1) is 6.21 Å². The molecule has 0 aromatic carbocycles. The van der Waals surface area contributed by atoms with Gasteiger partial charge in [-0.2, -0.15) is 5.10 Å². The van der Waals surface area contributed by atoms with Gasteiger partial charge in [-0.15, -0.1) is 11.3 Å². The number of fused-ring (bicyclic) bond motifs is 1. The normalized spacial score (nSPS) is 16.8. The molecule has 0 saturated carbocycles. The maximum atomic E-state index is 12.0. The Morgan fingerprint density at radius 2 is 2.28 bits per heavy atom. The number of rotatable bonds is 5. The van der Waals surface area contributed by atoms with Crippen molar-refractivity contribution in [2.75, 3.05) is 6.54 Å². The smallest absolute Gasteiger partial charge is 0.324 e. The van der Waals surface area contributed by atoms with Crippen molar-refractivity contribution in [3.8, 4) is 0 Å². The van der Waals surface area contributed by atoms with Crippen LogP contribution in [0.5, 0.6) is 0 Å². The quantitative estimate of drug-likeness (QED) is 0.460. The van der Waals surface area contributed by atoms with Crippen LogP contribution in [0.1, 0.15) is 26.0 Å². The lowest BCUT2D eigenvalue weighted by Gasteiger charge is -2.15. The van der Waals surface area contributed by atoms with Crippen LogP contribution in [0.2, 0.25) is 5.15 Å². The number of nitrogens with zero attached hydrogens (tertiary/aromatic N) is 4. The summed E-state index contributed by atoms with van der Waals surface area (Å²) in [5.41, 5.74) is 1.95. The summed E-state index contributed by atoms with van der Waals surface area (Å²) < 4.78 is 1.75. The Balaban J connectivity index is 1.55. The fourth-order valence-corrected chi connectivity index (χ4v) is 3.34. The maximum Gasteiger partial charge on any atom is 0.325 e. The number of imide groups is 1. The van der Waals surface area contributed by atoms with Crippen LogP contribution >= 0.6 is 22.9 Å². The fraction of sp³-hybridized carbons (Fsp3) is 0.357. The van der Waals surface area contributed by atoms with Crippen LogP contribution in [0.3, 0.4) is 0 Å². The van der Waals surface area contributed by atoms with Gasteiger partial charge in [0.25, 0.3) is 5.91 Å². The summed E-state index contributed by atoms with van der Waals surface area (Å²) in [7, 11) is 0. The summed E-state index contributed by atoms with van der Waals surface area (Å²) in [6, 6.07) is -0.503. The summed E-state index contributed by atoms with van der Waals surface area (Å²) in [5, 5.41) is 8.54. The van der Waals surface area contributed by atoms with E-state index in [0.717, 1.165) is 9.86 Å². The van der Waals surface area contributed by atoms with Crippen molar-refractivity contribution < 1.29 is 14.4 Å². The molecule has 1 fully saturated rings. The molecule has 1 aliphatic rings. The molecule has 9 nitrogen and oxygen atoms in total. The highest BCUT2D eigenvalue weighted by atomic mass is 35.5. The zero-order valence-corrected chi connectivity index (χ0v) is 15.0. The number of carbonyl (C=O) groups is 3. The van der Waals surface area contributed by atoms with Crippen LogP contribution in [-0.4, -0.2) is 50.4 Å². The molecule has 0 spiro atoms. The molecular formula is C14H15ClN6O3S. The first-order valence-corrected chi connectivity index (χ1v) is 8.62. The molecule has 0 aliphatic carbocycles. The number of amides is 4. The van der Waals surface area contributed by atoms with E-state index in [1.807, 2.05) is 5.38 Å². The monoisotopic (exact) mass is 382 g/mol. The first-order valence-electron chi connectivity index (χ1n) is 7.36. The summed E-state index contributed by atoms with van der Waals surface area (Å²) in [6.45, 7) is 3.20. The number of nitrogens with one attached hydrogen (secondary N) is 2. The van der Waals surface area contributed by atoms with Gasteiger partial charge in [-0.25, -0.2) is 15.2 Å². The first kappa shape index (κ1) is 17.4. The van der Waals surface area contributed by atoms with Crippen molar-refractivity contribution in [2.45, 2.75) is 25.8 Å². The van der Waals surface area contributed by atoms with E-state index in [-0.39, 0.29) is 24.0 Å². The minimum atomic E-state index is -0.948. The van der Waals surface area contributed by atoms with Crippen molar-refractivity contribution in [1.29, 1.82) is 0 Å². The summed E-state index contributed by atoms with van der Waals surface area (Å²) in [4.78, 5) is 41.5. The Hall–Kier alpha value is -2.46. The lowest BCUT2D eigenvalue weighted by molar-refractivity contribution is -0.130. The van der Waals surface area contributed by atoms with Crippen LogP contribution in [0.25, 0.3) is 4.96 Å². The molecule has 2 aromatic rings. The van der Waals surface area contributed by atoms with Gasteiger partial charge in [0, 0.05) is 24.5 Å². The van der Waals surface area contributed by atoms with Crippen molar-refractivity contribution >= 4 is 52.0 Å². The third-order valence-corrected chi connectivity index (χ3v) is 4.67. The molecular weight excluding hydrogens is 368 g/mol. The van der Waals surface area contributed by atoms with Crippen LogP contribution in [0, 0.1) is 0 Å². The van der Waals surface area contributed by atoms with Crippen LogP contribution in [-0.2, 0) is 9.59 Å². The number of aromatic nitrogens is 2. The summed E-state index contributed by atoms with van der Waals surface area (Å²) >= 11 is 7.44. The molecule has 4 amide bonds. The van der Waals surface area contributed by atoms with Gasteiger partial charge < -0.3 is 5.32 Å². The molecule has 0 unspecified atom stereocenters.